The second-order valence-electron chi connectivity index (χ2n) is 18.4. The van der Waals surface area contributed by atoms with Crippen LogP contribution in [0, 0.1) is 20.8 Å². The van der Waals surface area contributed by atoms with E-state index in [9.17, 15) is 0 Å². The third-order valence-corrected chi connectivity index (χ3v) is 47.3. The van der Waals surface area contributed by atoms with Crippen molar-refractivity contribution >= 4 is 282 Å². The second-order valence-corrected chi connectivity index (χ2v) is 47.3. The van der Waals surface area contributed by atoms with Gasteiger partial charge in [-0.1, -0.05) is 221 Å². The minimum Gasteiger partial charge on any atom is -0.121 e. The molecular weight excluding hydrogens is 1450 g/mol. The van der Waals surface area contributed by atoms with Gasteiger partial charge < -0.3 is 0 Å². The van der Waals surface area contributed by atoms with Gasteiger partial charge in [-0.2, -0.15) is 0 Å². The molecule has 0 aromatic heterocycles. The van der Waals surface area contributed by atoms with Crippen LogP contribution in [0.25, 0.3) is 0 Å². The third-order valence-electron chi connectivity index (χ3n) is 12.4. The molecule has 450 valence electrons. The van der Waals surface area contributed by atoms with Gasteiger partial charge in [0.1, 0.15) is 0 Å². The normalized spacial score (nSPS) is 18.2. The molecular formula is C57H78S24. The maximum Gasteiger partial charge on any atom is 0.0717 e. The molecule has 0 aliphatic carbocycles. The van der Waals surface area contributed by atoms with Crippen LogP contribution < -0.4 is 0 Å². The number of hydrogen-bond acceptors (Lipinski definition) is 24. The van der Waals surface area contributed by atoms with Crippen molar-refractivity contribution in [3.8, 4) is 0 Å². The number of rotatable bonds is 36. The summed E-state index contributed by atoms with van der Waals surface area (Å²) in [5, 5.41) is 0. The Kier molecular flexibility index (Phi) is 36.9. The van der Waals surface area contributed by atoms with E-state index in [2.05, 4.69) is 293 Å². The summed E-state index contributed by atoms with van der Waals surface area (Å²) in [5.41, 5.74) is 9.17. The zero-order chi connectivity index (χ0) is 57.7. The third kappa shape index (κ3) is 21.9. The van der Waals surface area contributed by atoms with Crippen LogP contribution in [0.15, 0.2) is 76.3 Å². The van der Waals surface area contributed by atoms with Crippen molar-refractivity contribution in [3.05, 3.63) is 110 Å². The number of unbranched alkanes of at least 4 members (excludes halogenated alkanes) is 6. The average Bonchev–Trinajstić information content (AvgIpc) is 4.38. The second kappa shape index (κ2) is 40.5. The van der Waals surface area contributed by atoms with E-state index < -0.39 is 0 Å². The summed E-state index contributed by atoms with van der Waals surface area (Å²) < 4.78 is 27.2. The van der Waals surface area contributed by atoms with Crippen molar-refractivity contribution < 1.29 is 0 Å². The first-order chi connectivity index (χ1) is 39.5. The van der Waals surface area contributed by atoms with Gasteiger partial charge >= 0.3 is 0 Å². The van der Waals surface area contributed by atoms with Gasteiger partial charge in [0, 0.05) is 17.3 Å². The van der Waals surface area contributed by atoms with Crippen molar-refractivity contribution in [2.75, 3.05) is 53.3 Å². The van der Waals surface area contributed by atoms with Crippen molar-refractivity contribution in [2.24, 2.45) is 0 Å². The van der Waals surface area contributed by atoms with Gasteiger partial charge in [-0.05, 0) is 146 Å². The summed E-state index contributed by atoms with van der Waals surface area (Å²) >= 11 is 49.4. The van der Waals surface area contributed by atoms with Crippen molar-refractivity contribution in [2.45, 2.75) is 157 Å². The van der Waals surface area contributed by atoms with E-state index in [1.807, 2.05) is 70.6 Å². The molecule has 0 fully saturated rings. The van der Waals surface area contributed by atoms with Gasteiger partial charge in [0.25, 0.3) is 0 Å². The summed E-state index contributed by atoms with van der Waals surface area (Å²) in [6.07, 6.45) is 22.1. The first-order valence-electron chi connectivity index (χ1n) is 27.7. The highest BCUT2D eigenvalue weighted by atomic mass is 32.3. The molecule has 0 saturated heterocycles. The molecule has 24 heteroatoms. The predicted octanol–water partition coefficient (Wildman–Crippen LogP) is 29.6. The van der Waals surface area contributed by atoms with Crippen LogP contribution >= 0.6 is 282 Å². The lowest BCUT2D eigenvalue weighted by molar-refractivity contribution is 0.897. The standard InChI is InChI=1S/C57H78S24/c1-13-19-25-61-46-47(62-26-20-14-2)77-55(76-46)52-70-40(58-10)43(73-52)67-31-37-34(7)38(32-68-44-41(59-11)71-53(74-44)56-78-48(63-27-21-15-3)49(79-56)64-28-22-16-4)36(9)39(35(37)8)33-69-45-42(60-12)72-54(75-45)57-80-50(65-29-23-17-5)51(81-57)66-30-24-18-6/h13-33H2,1-12H3. The molecule has 0 N–H and O–H groups in total. The van der Waals surface area contributed by atoms with Crippen LogP contribution in [0.3, 0.4) is 0 Å². The Balaban J connectivity index is 1.14. The summed E-state index contributed by atoms with van der Waals surface area (Å²) in [4.78, 5) is 0. The molecule has 0 unspecified atom stereocenters. The largest absolute Gasteiger partial charge is 0.121 e. The predicted molar refractivity (Wildman–Crippen MR) is 434 cm³/mol. The Morgan fingerprint density at radius 3 is 0.556 bits per heavy atom. The van der Waals surface area contributed by atoms with Gasteiger partial charge in [-0.25, -0.2) is 0 Å². The molecule has 1 aromatic rings. The summed E-state index contributed by atoms with van der Waals surface area (Å²) in [7, 11) is 0. The van der Waals surface area contributed by atoms with Gasteiger partial charge in [-0.15, -0.1) is 141 Å². The van der Waals surface area contributed by atoms with E-state index in [0.29, 0.717) is 0 Å². The van der Waals surface area contributed by atoms with Crippen molar-refractivity contribution in [3.63, 3.8) is 0 Å². The fourth-order valence-electron chi connectivity index (χ4n) is 7.61. The maximum absolute atomic E-state index is 2.47. The van der Waals surface area contributed by atoms with E-state index in [1.165, 1.54) is 179 Å². The van der Waals surface area contributed by atoms with E-state index in [1.54, 1.807) is 42.1 Å². The van der Waals surface area contributed by atoms with Crippen LogP contribution in [0.1, 0.15) is 152 Å². The Morgan fingerprint density at radius 1 is 0.235 bits per heavy atom. The lowest BCUT2D eigenvalue weighted by Crippen LogP contribution is -2.06. The van der Waals surface area contributed by atoms with Gasteiger partial charge in [0.2, 0.25) is 0 Å². The molecule has 0 spiro atoms. The minimum absolute atomic E-state index is 0.994. The van der Waals surface area contributed by atoms with E-state index in [0.717, 1.165) is 17.3 Å². The monoisotopic (exact) mass is 1530 g/mol. The molecule has 81 heavy (non-hydrogen) atoms. The van der Waals surface area contributed by atoms with E-state index in [-0.39, 0.29) is 0 Å². The van der Waals surface area contributed by atoms with E-state index in [4.69, 9.17) is 0 Å². The van der Waals surface area contributed by atoms with Crippen molar-refractivity contribution in [1.82, 2.24) is 0 Å². The molecule has 0 amide bonds. The fourth-order valence-corrected chi connectivity index (χ4v) is 43.8. The zero-order valence-electron chi connectivity index (χ0n) is 48.6. The van der Waals surface area contributed by atoms with Gasteiger partial charge in [0.15, 0.2) is 0 Å². The first kappa shape index (κ1) is 73.7. The average molecular weight is 1530 g/mol. The molecule has 6 heterocycles. The molecule has 0 bridgehead atoms. The van der Waals surface area contributed by atoms with Crippen LogP contribution in [0.4, 0.5) is 0 Å². The van der Waals surface area contributed by atoms with Crippen molar-refractivity contribution in [1.29, 1.82) is 0 Å². The summed E-state index contributed by atoms with van der Waals surface area (Å²) in [6, 6.07) is 0. The van der Waals surface area contributed by atoms with Crippen LogP contribution in [0.5, 0.6) is 0 Å². The topological polar surface area (TPSA) is 0 Å². The SMILES string of the molecule is CCCCSC1=C(SCCCC)SC(=C2SC(SC)=C(SCc3c(C)c(CSC4=C(SC)SC(=C5SC(SCCCC)=C(SCCCC)S5)S4)c(C)c(CSC4=C(SC)SC(=C5SC(SCCCC)=C(SCCCC)S5)S4)c3C)S2)S1. The zero-order valence-corrected chi connectivity index (χ0v) is 68.2. The number of hydrogen-bond donors (Lipinski definition) is 0. The van der Waals surface area contributed by atoms with Gasteiger partial charge in [-0.3, -0.25) is 0 Å². The van der Waals surface area contributed by atoms with Crippen LogP contribution in [-0.2, 0) is 17.3 Å². The molecule has 1 aromatic carbocycles. The Labute approximate surface area is 593 Å². The van der Waals surface area contributed by atoms with Gasteiger partial charge in [0.05, 0.1) is 76.3 Å². The Bertz CT molecular complexity index is 2260. The lowest BCUT2D eigenvalue weighted by Gasteiger charge is -2.23. The molecule has 6 aliphatic rings. The summed E-state index contributed by atoms with van der Waals surface area (Å²) in [6.45, 7) is 21.3. The highest BCUT2D eigenvalue weighted by molar-refractivity contribution is 8.47. The molecule has 7 rings (SSSR count). The minimum atomic E-state index is 0.994. The number of thioether (sulfide) groups is 24. The first-order valence-corrected chi connectivity index (χ1v) is 50.1. The summed E-state index contributed by atoms with van der Waals surface area (Å²) in [5.74, 6) is 10.3. The Hall–Kier alpha value is 5.28. The quantitative estimate of drug-likeness (QED) is 0.0585. The maximum atomic E-state index is 2.47. The van der Waals surface area contributed by atoms with E-state index >= 15 is 0 Å². The molecule has 0 saturated carbocycles. The highest BCUT2D eigenvalue weighted by Crippen LogP contribution is 2.70. The number of benzene rings is 1. The molecule has 0 nitrogen and oxygen atoms in total. The molecule has 0 radical (unpaired) electrons. The smallest absolute Gasteiger partial charge is 0.0717 e. The molecule has 6 aliphatic heterocycles. The lowest BCUT2D eigenvalue weighted by atomic mass is 9.90. The fraction of sp³-hybridized carbons (Fsp3) is 0.579. The molecule has 0 atom stereocenters. The highest BCUT2D eigenvalue weighted by Gasteiger charge is 2.35. The van der Waals surface area contributed by atoms with Crippen LogP contribution in [-0.4, -0.2) is 53.3 Å². The van der Waals surface area contributed by atoms with Crippen LogP contribution in [0.2, 0.25) is 0 Å². The Morgan fingerprint density at radius 2 is 0.395 bits per heavy atom.